The van der Waals surface area contributed by atoms with E-state index in [9.17, 15) is 9.59 Å². The molecule has 1 unspecified atom stereocenters. The van der Waals surface area contributed by atoms with Gasteiger partial charge in [0.1, 0.15) is 0 Å². The third-order valence-electron chi connectivity index (χ3n) is 4.92. The summed E-state index contributed by atoms with van der Waals surface area (Å²) in [7, 11) is 0. The van der Waals surface area contributed by atoms with Gasteiger partial charge < -0.3 is 5.32 Å². The molecule has 1 aliphatic carbocycles. The molecule has 0 spiro atoms. The van der Waals surface area contributed by atoms with Crippen molar-refractivity contribution in [3.63, 3.8) is 0 Å². The van der Waals surface area contributed by atoms with Gasteiger partial charge in [-0.05, 0) is 42.9 Å². The number of hydrogen-bond acceptors (Lipinski definition) is 6. The molecule has 3 aromatic rings. The lowest BCUT2D eigenvalue weighted by molar-refractivity contribution is -0.117. The Labute approximate surface area is 178 Å². The number of amides is 2. The van der Waals surface area contributed by atoms with Crippen LogP contribution in [0.3, 0.4) is 0 Å². The molecule has 2 heterocycles. The third kappa shape index (κ3) is 4.60. The fraction of sp³-hybridized carbons (Fsp3) is 0.227. The average Bonchev–Trinajstić information content (AvgIpc) is 3.52. The van der Waals surface area contributed by atoms with Crippen LogP contribution in [-0.2, 0) is 9.59 Å². The van der Waals surface area contributed by atoms with Gasteiger partial charge in [-0.15, -0.1) is 11.3 Å². The van der Waals surface area contributed by atoms with Crippen LogP contribution in [-0.4, -0.2) is 26.8 Å². The topological polar surface area (TPSA) is 96.9 Å². The summed E-state index contributed by atoms with van der Waals surface area (Å²) in [6.07, 6.45) is 8.71. The normalized spacial score (nSPS) is 14.0. The lowest BCUT2D eigenvalue weighted by atomic mass is 9.96. The quantitative estimate of drug-likeness (QED) is 0.555. The van der Waals surface area contributed by atoms with Gasteiger partial charge in [0.15, 0.2) is 5.13 Å². The van der Waals surface area contributed by atoms with Crippen LogP contribution in [0.2, 0.25) is 0 Å². The molecule has 2 N–H and O–H groups in total. The van der Waals surface area contributed by atoms with E-state index in [1.807, 2.05) is 37.4 Å². The van der Waals surface area contributed by atoms with Gasteiger partial charge >= 0.3 is 0 Å². The molecule has 152 valence electrons. The lowest BCUT2D eigenvalue weighted by Crippen LogP contribution is -2.18. The first-order valence-electron chi connectivity index (χ1n) is 9.66. The Morgan fingerprint density at radius 1 is 1.13 bits per heavy atom. The first-order valence-corrected chi connectivity index (χ1v) is 10.5. The number of anilines is 2. The molecule has 0 bridgehead atoms. The van der Waals surface area contributed by atoms with E-state index in [1.165, 1.54) is 17.7 Å². The van der Waals surface area contributed by atoms with Crippen LogP contribution < -0.4 is 10.6 Å². The maximum Gasteiger partial charge on any atom is 0.250 e. The molecule has 1 saturated carbocycles. The van der Waals surface area contributed by atoms with Gasteiger partial charge in [0.25, 0.3) is 0 Å². The van der Waals surface area contributed by atoms with Crippen LogP contribution in [0.25, 0.3) is 11.1 Å². The molecule has 30 heavy (non-hydrogen) atoms. The van der Waals surface area contributed by atoms with Gasteiger partial charge in [-0.3, -0.25) is 14.9 Å². The number of thiazole rings is 1. The number of carbonyl (C=O) groups is 2. The first kappa shape index (κ1) is 19.9. The van der Waals surface area contributed by atoms with Crippen molar-refractivity contribution in [1.82, 2.24) is 15.0 Å². The number of carbonyl (C=O) groups excluding carboxylic acids is 2. The first-order chi connectivity index (χ1) is 14.5. The summed E-state index contributed by atoms with van der Waals surface area (Å²) in [4.78, 5) is 37.9. The monoisotopic (exact) mass is 419 g/mol. The minimum Gasteiger partial charge on any atom is -0.301 e. The molecule has 2 amide bonds. The minimum atomic E-state index is -0.367. The van der Waals surface area contributed by atoms with Crippen molar-refractivity contribution in [3.8, 4) is 11.1 Å². The molecule has 1 aromatic carbocycles. The van der Waals surface area contributed by atoms with Crippen molar-refractivity contribution in [1.29, 1.82) is 0 Å². The number of hydrogen-bond donors (Lipinski definition) is 2. The van der Waals surface area contributed by atoms with E-state index in [-0.39, 0.29) is 23.7 Å². The van der Waals surface area contributed by atoms with Gasteiger partial charge in [0.05, 0.1) is 5.92 Å². The van der Waals surface area contributed by atoms with E-state index >= 15 is 0 Å². The van der Waals surface area contributed by atoms with Crippen molar-refractivity contribution < 1.29 is 9.59 Å². The van der Waals surface area contributed by atoms with Crippen LogP contribution in [0, 0.1) is 0 Å². The Morgan fingerprint density at radius 2 is 1.90 bits per heavy atom. The van der Waals surface area contributed by atoms with Crippen LogP contribution in [0.4, 0.5) is 11.1 Å². The van der Waals surface area contributed by atoms with Crippen LogP contribution in [0.15, 0.2) is 55.5 Å². The summed E-state index contributed by atoms with van der Waals surface area (Å²) >= 11 is 1.56. The maximum atomic E-state index is 12.7. The standard InChI is InChI=1S/C22H21N5O2S/c1-3-19(28)26-21-23-10-17(11-24-21)16-6-4-5-15(9-16)13(2)20(29)27-22-25-12-18(30-22)14-7-8-14/h3-6,9-14H,1,7-8H2,2H3,(H,25,27,29)(H,23,24,26,28). The van der Waals surface area contributed by atoms with E-state index in [1.54, 1.807) is 23.7 Å². The molecule has 1 aliphatic rings. The number of benzene rings is 1. The zero-order valence-corrected chi connectivity index (χ0v) is 17.3. The maximum absolute atomic E-state index is 12.7. The van der Waals surface area contributed by atoms with Gasteiger partial charge in [-0.25, -0.2) is 15.0 Å². The molecular formula is C22H21N5O2S. The molecule has 1 atom stereocenters. The minimum absolute atomic E-state index is 0.0948. The molecule has 0 radical (unpaired) electrons. The summed E-state index contributed by atoms with van der Waals surface area (Å²) in [5.41, 5.74) is 2.56. The predicted molar refractivity (Wildman–Crippen MR) is 117 cm³/mol. The van der Waals surface area contributed by atoms with Gasteiger partial charge in [0, 0.05) is 29.0 Å². The van der Waals surface area contributed by atoms with E-state index < -0.39 is 0 Å². The second-order valence-electron chi connectivity index (χ2n) is 7.17. The van der Waals surface area contributed by atoms with Crippen molar-refractivity contribution in [2.24, 2.45) is 0 Å². The molecule has 8 heteroatoms. The van der Waals surface area contributed by atoms with E-state index in [4.69, 9.17) is 0 Å². The van der Waals surface area contributed by atoms with Gasteiger partial charge in [0.2, 0.25) is 17.8 Å². The summed E-state index contributed by atoms with van der Waals surface area (Å²) < 4.78 is 0. The highest BCUT2D eigenvalue weighted by Gasteiger charge is 2.26. The van der Waals surface area contributed by atoms with Crippen molar-refractivity contribution in [2.45, 2.75) is 31.6 Å². The highest BCUT2D eigenvalue weighted by Crippen LogP contribution is 2.43. The fourth-order valence-electron chi connectivity index (χ4n) is 2.96. The largest absolute Gasteiger partial charge is 0.301 e. The Balaban J connectivity index is 1.45. The fourth-order valence-corrected chi connectivity index (χ4v) is 3.94. The molecule has 1 fully saturated rings. The zero-order valence-electron chi connectivity index (χ0n) is 16.5. The van der Waals surface area contributed by atoms with Crippen LogP contribution in [0.1, 0.15) is 42.0 Å². The number of rotatable bonds is 7. The van der Waals surface area contributed by atoms with Crippen LogP contribution in [0.5, 0.6) is 0 Å². The zero-order chi connectivity index (χ0) is 21.1. The number of nitrogens with one attached hydrogen (secondary N) is 2. The molecule has 2 aromatic heterocycles. The molecular weight excluding hydrogens is 398 g/mol. The van der Waals surface area contributed by atoms with Gasteiger partial charge in [-0.1, -0.05) is 30.8 Å². The summed E-state index contributed by atoms with van der Waals surface area (Å²) in [6, 6.07) is 7.70. The summed E-state index contributed by atoms with van der Waals surface area (Å²) in [5.74, 6) is 0.0319. The Morgan fingerprint density at radius 3 is 2.60 bits per heavy atom. The lowest BCUT2D eigenvalue weighted by Gasteiger charge is -2.12. The van der Waals surface area contributed by atoms with Crippen LogP contribution >= 0.6 is 11.3 Å². The van der Waals surface area contributed by atoms with Crippen molar-refractivity contribution in [3.05, 3.63) is 66.0 Å². The Hall–Kier alpha value is -3.39. The Kier molecular flexibility index (Phi) is 5.67. The number of nitrogens with zero attached hydrogens (tertiary/aromatic N) is 3. The third-order valence-corrected chi connectivity index (χ3v) is 5.99. The van der Waals surface area contributed by atoms with E-state index in [0.29, 0.717) is 11.0 Å². The number of aromatic nitrogens is 3. The smallest absolute Gasteiger partial charge is 0.250 e. The summed E-state index contributed by atoms with van der Waals surface area (Å²) in [5, 5.41) is 6.09. The molecule has 7 nitrogen and oxygen atoms in total. The molecule has 0 saturated heterocycles. The second-order valence-corrected chi connectivity index (χ2v) is 8.23. The van der Waals surface area contributed by atoms with Crippen molar-refractivity contribution in [2.75, 3.05) is 10.6 Å². The second kappa shape index (κ2) is 8.54. The van der Waals surface area contributed by atoms with Gasteiger partial charge in [-0.2, -0.15) is 0 Å². The van der Waals surface area contributed by atoms with E-state index in [0.717, 1.165) is 22.8 Å². The van der Waals surface area contributed by atoms with Crippen molar-refractivity contribution >= 4 is 34.2 Å². The predicted octanol–water partition coefficient (Wildman–Crippen LogP) is 4.34. The Bertz CT molecular complexity index is 1090. The highest BCUT2D eigenvalue weighted by atomic mass is 32.1. The molecule has 4 rings (SSSR count). The SMILES string of the molecule is C=CC(=O)Nc1ncc(-c2cccc(C(C)C(=O)Nc3ncc(C4CC4)s3)c2)cn1. The highest BCUT2D eigenvalue weighted by molar-refractivity contribution is 7.15. The summed E-state index contributed by atoms with van der Waals surface area (Å²) in [6.45, 7) is 5.27. The molecule has 0 aliphatic heterocycles. The van der Waals surface area contributed by atoms with E-state index in [2.05, 4.69) is 32.2 Å². The average molecular weight is 420 g/mol.